The van der Waals surface area contributed by atoms with Crippen LogP contribution in [0.25, 0.3) is 22.2 Å². The predicted molar refractivity (Wildman–Crippen MR) is 113 cm³/mol. The fraction of sp³-hybridized carbons (Fsp3) is 0.304. The van der Waals surface area contributed by atoms with Gasteiger partial charge in [-0.25, -0.2) is 9.97 Å². The van der Waals surface area contributed by atoms with Crippen LogP contribution in [0.5, 0.6) is 0 Å². The lowest BCUT2D eigenvalue weighted by atomic mass is 9.86. The van der Waals surface area contributed by atoms with Gasteiger partial charge in [0.05, 0.1) is 16.8 Å². The van der Waals surface area contributed by atoms with Gasteiger partial charge < -0.3 is 10.2 Å². The molecule has 1 aliphatic carbocycles. The summed E-state index contributed by atoms with van der Waals surface area (Å²) in [5.74, 6) is -0.230. The molecule has 29 heavy (non-hydrogen) atoms. The van der Waals surface area contributed by atoms with Gasteiger partial charge in [0.15, 0.2) is 5.78 Å². The van der Waals surface area contributed by atoms with Gasteiger partial charge in [-0.2, -0.15) is 0 Å². The summed E-state index contributed by atoms with van der Waals surface area (Å²) in [5.41, 5.74) is 3.67. The minimum absolute atomic E-state index is 0.0564. The first kappa shape index (κ1) is 19.2. The Hall–Kier alpha value is -3.12. The lowest BCUT2D eigenvalue weighted by molar-refractivity contribution is 0.0952. The Morgan fingerprint density at radius 1 is 1.00 bits per heavy atom. The number of rotatable bonds is 7. The molecule has 1 heterocycles. The molecule has 1 N–H and O–H groups in total. The van der Waals surface area contributed by atoms with Crippen LogP contribution < -0.4 is 5.32 Å². The van der Waals surface area contributed by atoms with E-state index >= 15 is 0 Å². The molecule has 0 unspecified atom stereocenters. The number of hydrogen-bond acceptors (Lipinski definition) is 5. The standard InChI is InChI=1S/C23H24N4O2/c1-3-27(4-2)13-7-12-24-23(29)18-11-10-17-19-20(25-14-26-21(18)19)15-8-5-6-9-16(15)22(17)28/h5-6,8-11,14H,3-4,7,12-13H2,1-2H3,(H,24,29). The molecule has 0 saturated heterocycles. The van der Waals surface area contributed by atoms with Crippen LogP contribution in [0.2, 0.25) is 0 Å². The first-order valence-electron chi connectivity index (χ1n) is 10.1. The van der Waals surface area contributed by atoms with E-state index in [4.69, 9.17) is 0 Å². The van der Waals surface area contributed by atoms with E-state index in [1.807, 2.05) is 24.3 Å². The van der Waals surface area contributed by atoms with Crippen LogP contribution in [-0.2, 0) is 0 Å². The number of benzene rings is 2. The van der Waals surface area contributed by atoms with E-state index in [0.717, 1.165) is 31.6 Å². The Labute approximate surface area is 170 Å². The van der Waals surface area contributed by atoms with E-state index in [-0.39, 0.29) is 11.7 Å². The maximum atomic E-state index is 12.9. The van der Waals surface area contributed by atoms with E-state index in [1.165, 1.54) is 6.33 Å². The van der Waals surface area contributed by atoms with E-state index in [0.29, 0.717) is 39.8 Å². The van der Waals surface area contributed by atoms with Crippen LogP contribution in [0.1, 0.15) is 46.5 Å². The van der Waals surface area contributed by atoms with Crippen molar-refractivity contribution < 1.29 is 9.59 Å². The highest BCUT2D eigenvalue weighted by Gasteiger charge is 2.28. The number of fused-ring (bicyclic) bond motifs is 2. The van der Waals surface area contributed by atoms with Crippen molar-refractivity contribution in [1.82, 2.24) is 20.2 Å². The summed E-state index contributed by atoms with van der Waals surface area (Å²) >= 11 is 0. The lowest BCUT2D eigenvalue weighted by Gasteiger charge is -2.19. The van der Waals surface area contributed by atoms with Crippen molar-refractivity contribution in [1.29, 1.82) is 0 Å². The number of carbonyl (C=O) groups excluding carboxylic acids is 2. The van der Waals surface area contributed by atoms with Gasteiger partial charge in [0, 0.05) is 28.6 Å². The molecule has 148 valence electrons. The van der Waals surface area contributed by atoms with Gasteiger partial charge >= 0.3 is 0 Å². The normalized spacial score (nSPS) is 12.3. The third-order valence-corrected chi connectivity index (χ3v) is 5.54. The van der Waals surface area contributed by atoms with Crippen molar-refractivity contribution in [3.8, 4) is 11.3 Å². The summed E-state index contributed by atoms with van der Waals surface area (Å²) < 4.78 is 0. The Kier molecular flexibility index (Phi) is 5.36. The van der Waals surface area contributed by atoms with E-state index in [9.17, 15) is 9.59 Å². The molecule has 0 aliphatic heterocycles. The summed E-state index contributed by atoms with van der Waals surface area (Å²) in [7, 11) is 0. The average Bonchev–Trinajstić information content (AvgIpc) is 2.77. The van der Waals surface area contributed by atoms with Crippen molar-refractivity contribution in [2.24, 2.45) is 0 Å². The molecule has 1 aromatic heterocycles. The second-order valence-electron chi connectivity index (χ2n) is 7.12. The molecule has 3 aromatic rings. The molecule has 0 atom stereocenters. The van der Waals surface area contributed by atoms with Gasteiger partial charge in [-0.1, -0.05) is 38.1 Å². The van der Waals surface area contributed by atoms with Crippen molar-refractivity contribution in [2.45, 2.75) is 20.3 Å². The molecular weight excluding hydrogens is 364 g/mol. The molecule has 0 spiro atoms. The Balaban J connectivity index is 1.64. The fourth-order valence-electron chi connectivity index (χ4n) is 3.92. The first-order valence-corrected chi connectivity index (χ1v) is 10.1. The zero-order chi connectivity index (χ0) is 20.4. The minimum Gasteiger partial charge on any atom is -0.352 e. The van der Waals surface area contributed by atoms with Crippen LogP contribution in [0.4, 0.5) is 0 Å². The molecular formula is C23H24N4O2. The molecule has 6 heteroatoms. The Bertz CT molecular complexity index is 1090. The molecule has 4 rings (SSSR count). The molecule has 2 aromatic carbocycles. The van der Waals surface area contributed by atoms with E-state index in [1.54, 1.807) is 12.1 Å². The summed E-state index contributed by atoms with van der Waals surface area (Å²) in [6, 6.07) is 10.8. The summed E-state index contributed by atoms with van der Waals surface area (Å²) in [6.07, 6.45) is 2.35. The molecule has 0 saturated carbocycles. The van der Waals surface area contributed by atoms with Crippen LogP contribution >= 0.6 is 0 Å². The zero-order valence-corrected chi connectivity index (χ0v) is 16.7. The highest BCUT2D eigenvalue weighted by molar-refractivity contribution is 6.26. The third kappa shape index (κ3) is 3.40. The highest BCUT2D eigenvalue weighted by Crippen LogP contribution is 2.37. The Morgan fingerprint density at radius 2 is 1.76 bits per heavy atom. The second kappa shape index (κ2) is 8.09. The molecule has 0 radical (unpaired) electrons. The van der Waals surface area contributed by atoms with Gasteiger partial charge in [-0.3, -0.25) is 9.59 Å². The smallest absolute Gasteiger partial charge is 0.253 e. The quantitative estimate of drug-likeness (QED) is 0.492. The summed E-state index contributed by atoms with van der Waals surface area (Å²) in [4.78, 5) is 36.9. The van der Waals surface area contributed by atoms with Gasteiger partial charge in [-0.15, -0.1) is 0 Å². The summed E-state index contributed by atoms with van der Waals surface area (Å²) in [6.45, 7) is 7.83. The minimum atomic E-state index is -0.174. The summed E-state index contributed by atoms with van der Waals surface area (Å²) in [5, 5.41) is 3.65. The topological polar surface area (TPSA) is 75.2 Å². The number of aromatic nitrogens is 2. The predicted octanol–water partition coefficient (Wildman–Crippen LogP) is 3.30. The molecule has 0 fully saturated rings. The first-order chi connectivity index (χ1) is 14.2. The maximum absolute atomic E-state index is 12.9. The maximum Gasteiger partial charge on any atom is 0.253 e. The SMILES string of the molecule is CCN(CC)CCCNC(=O)c1ccc2c3c(ncnc13)-c1ccccc1C2=O. The Morgan fingerprint density at radius 3 is 2.52 bits per heavy atom. The van der Waals surface area contributed by atoms with E-state index in [2.05, 4.69) is 34.0 Å². The largest absolute Gasteiger partial charge is 0.352 e. The van der Waals surface area contributed by atoms with Crippen LogP contribution in [0, 0.1) is 0 Å². The number of amides is 1. The fourth-order valence-corrected chi connectivity index (χ4v) is 3.92. The number of nitrogens with zero attached hydrogens (tertiary/aromatic N) is 3. The van der Waals surface area contributed by atoms with Crippen molar-refractivity contribution in [2.75, 3.05) is 26.2 Å². The highest BCUT2D eigenvalue weighted by atomic mass is 16.1. The number of nitrogens with one attached hydrogen (secondary N) is 1. The van der Waals surface area contributed by atoms with Gasteiger partial charge in [-0.05, 0) is 38.2 Å². The average molecular weight is 388 g/mol. The van der Waals surface area contributed by atoms with Crippen LogP contribution in [0.3, 0.4) is 0 Å². The lowest BCUT2D eigenvalue weighted by Crippen LogP contribution is -2.30. The number of hydrogen-bond donors (Lipinski definition) is 1. The monoisotopic (exact) mass is 388 g/mol. The van der Waals surface area contributed by atoms with E-state index < -0.39 is 0 Å². The van der Waals surface area contributed by atoms with Gasteiger partial charge in [0.25, 0.3) is 5.91 Å². The van der Waals surface area contributed by atoms with Crippen molar-refractivity contribution in [3.05, 3.63) is 59.4 Å². The zero-order valence-electron chi connectivity index (χ0n) is 16.7. The second-order valence-corrected chi connectivity index (χ2v) is 7.12. The van der Waals surface area contributed by atoms with Crippen LogP contribution in [0.15, 0.2) is 42.7 Å². The van der Waals surface area contributed by atoms with Crippen molar-refractivity contribution >= 4 is 22.6 Å². The van der Waals surface area contributed by atoms with Crippen LogP contribution in [-0.4, -0.2) is 52.7 Å². The molecule has 0 bridgehead atoms. The van der Waals surface area contributed by atoms with Crippen molar-refractivity contribution in [3.63, 3.8) is 0 Å². The number of ketones is 1. The molecule has 1 aliphatic rings. The molecule has 1 amide bonds. The number of carbonyl (C=O) groups is 2. The third-order valence-electron chi connectivity index (χ3n) is 5.54. The molecule has 6 nitrogen and oxygen atoms in total. The van der Waals surface area contributed by atoms with Gasteiger partial charge in [0.2, 0.25) is 0 Å². The van der Waals surface area contributed by atoms with Gasteiger partial charge in [0.1, 0.15) is 6.33 Å².